The van der Waals surface area contributed by atoms with Crippen LogP contribution in [-0.2, 0) is 19.4 Å². The largest absolute Gasteiger partial charge is 0.453 e. The van der Waals surface area contributed by atoms with Crippen molar-refractivity contribution in [3.8, 4) is 0 Å². The minimum absolute atomic E-state index is 0.0715. The lowest BCUT2D eigenvalue weighted by Crippen LogP contribution is -2.56. The average Bonchev–Trinajstić information content (AvgIpc) is 3.09. The molecule has 4 N–H and O–H groups in total. The highest BCUT2D eigenvalue weighted by atomic mass is 35.5. The van der Waals surface area contributed by atoms with Gasteiger partial charge in [0.2, 0.25) is 5.91 Å². The first kappa shape index (κ1) is 31.6. The number of ether oxygens (including phenoxy) is 1. The van der Waals surface area contributed by atoms with Crippen molar-refractivity contribution in [3.05, 3.63) is 58.4 Å². The van der Waals surface area contributed by atoms with Crippen LogP contribution in [0.5, 0.6) is 0 Å². The maximum atomic E-state index is 13.7. The normalized spacial score (nSPS) is 24.0. The Morgan fingerprint density at radius 2 is 1.69 bits per heavy atom. The van der Waals surface area contributed by atoms with Gasteiger partial charge in [-0.25, -0.2) is 26.4 Å². The molecule has 0 saturated heterocycles. The molecule has 2 aliphatic rings. The van der Waals surface area contributed by atoms with Crippen LogP contribution in [0.3, 0.4) is 0 Å². The predicted molar refractivity (Wildman–Crippen MR) is 145 cm³/mol. The Kier molecular flexibility index (Phi) is 9.09. The summed E-state index contributed by atoms with van der Waals surface area (Å²) >= 11 is 6.24. The van der Waals surface area contributed by atoms with Crippen LogP contribution in [0.1, 0.15) is 43.0 Å². The first-order chi connectivity index (χ1) is 19.7. The van der Waals surface area contributed by atoms with E-state index in [1.807, 2.05) is 0 Å². The molecule has 2 bridgehead atoms. The molecule has 0 aliphatic heterocycles. The van der Waals surface area contributed by atoms with Crippen LogP contribution in [0.4, 0.5) is 23.7 Å². The van der Waals surface area contributed by atoms with Crippen LogP contribution in [0.15, 0.2) is 35.2 Å². The SMILES string of the molecule is COC(=O)N[C@H](C)C(=O)NC[C@@]1(O)C2CC[C@H]1C[C@H](S(=O)(=O)c1cc(C(=O)Nc3cc(F)c(F)c(F)c3)ccc1Cl)C2. The van der Waals surface area contributed by atoms with Crippen molar-refractivity contribution in [1.82, 2.24) is 10.6 Å². The number of hydrogen-bond acceptors (Lipinski definition) is 7. The fourth-order valence-corrected chi connectivity index (χ4v) is 8.11. The highest BCUT2D eigenvalue weighted by Gasteiger charge is 2.55. The summed E-state index contributed by atoms with van der Waals surface area (Å²) in [6.45, 7) is 1.31. The number of aliphatic hydroxyl groups is 1. The van der Waals surface area contributed by atoms with Gasteiger partial charge < -0.3 is 25.8 Å². The lowest BCUT2D eigenvalue weighted by Gasteiger charge is -2.42. The van der Waals surface area contributed by atoms with Gasteiger partial charge in [-0.05, 0) is 62.6 Å². The second kappa shape index (κ2) is 12.1. The molecule has 3 amide bonds. The predicted octanol–water partition coefficient (Wildman–Crippen LogP) is 3.56. The molecule has 4 rings (SSSR count). The molecule has 2 saturated carbocycles. The molecule has 0 radical (unpaired) electrons. The van der Waals surface area contributed by atoms with E-state index in [1.165, 1.54) is 19.1 Å². The summed E-state index contributed by atoms with van der Waals surface area (Å²) < 4.78 is 72.3. The van der Waals surface area contributed by atoms with Crippen molar-refractivity contribution >= 4 is 45.0 Å². The Morgan fingerprint density at radius 3 is 2.26 bits per heavy atom. The lowest BCUT2D eigenvalue weighted by molar-refractivity contribution is -0.125. The van der Waals surface area contributed by atoms with E-state index in [0.717, 1.165) is 13.2 Å². The molecule has 1 unspecified atom stereocenters. The summed E-state index contributed by atoms with van der Waals surface area (Å²) in [6, 6.07) is 3.74. The third kappa shape index (κ3) is 6.20. The van der Waals surface area contributed by atoms with E-state index in [9.17, 15) is 41.1 Å². The number of halogens is 4. The van der Waals surface area contributed by atoms with E-state index in [-0.39, 0.29) is 40.6 Å². The van der Waals surface area contributed by atoms with Gasteiger partial charge in [0.15, 0.2) is 27.3 Å². The van der Waals surface area contributed by atoms with E-state index in [4.69, 9.17) is 11.6 Å². The minimum atomic E-state index is -4.12. The summed E-state index contributed by atoms with van der Waals surface area (Å²) in [5, 5.41) is 17.5. The van der Waals surface area contributed by atoms with Gasteiger partial charge in [0.25, 0.3) is 5.91 Å². The van der Waals surface area contributed by atoms with E-state index in [2.05, 4.69) is 20.7 Å². The zero-order valence-electron chi connectivity index (χ0n) is 22.5. The Morgan fingerprint density at radius 1 is 1.10 bits per heavy atom. The Hall–Kier alpha value is -3.36. The number of rotatable bonds is 8. The molecule has 42 heavy (non-hydrogen) atoms. The number of methoxy groups -OCH3 is 1. The first-order valence-electron chi connectivity index (χ1n) is 13.0. The standard InChI is InChI=1S/C27H29ClF3N3O7S/c1-13(33-26(37)41-2)24(35)32-12-27(38)15-4-5-16(27)9-18(8-15)42(39,40)22-7-14(3-6-19(22)28)25(36)34-17-10-20(29)23(31)21(30)11-17/h3,6-7,10-11,13,15-16,18,38H,4-5,8-9,12H2,1-2H3,(H,32,35)(H,33,37)(H,34,36)/t13-,15+,16?,18+,27+/m1/s1. The molecule has 15 heteroatoms. The zero-order valence-corrected chi connectivity index (χ0v) is 24.1. The van der Waals surface area contributed by atoms with Crippen LogP contribution in [0.2, 0.25) is 5.02 Å². The molecule has 0 heterocycles. The summed E-state index contributed by atoms with van der Waals surface area (Å²) in [5.74, 6) is -7.10. The number of fused-ring (bicyclic) bond motifs is 2. The van der Waals surface area contributed by atoms with Gasteiger partial charge in [0.1, 0.15) is 6.04 Å². The molecular weight excluding hydrogens is 603 g/mol. The minimum Gasteiger partial charge on any atom is -0.453 e. The van der Waals surface area contributed by atoms with Crippen LogP contribution in [0, 0.1) is 29.3 Å². The summed E-state index contributed by atoms with van der Waals surface area (Å²) in [6.07, 6.45) is 0.407. The van der Waals surface area contributed by atoms with Crippen molar-refractivity contribution in [2.45, 2.75) is 54.4 Å². The molecule has 2 aromatic rings. The number of nitrogens with one attached hydrogen (secondary N) is 3. The number of amides is 3. The fourth-order valence-electron chi connectivity index (χ4n) is 5.71. The zero-order chi connectivity index (χ0) is 31.0. The monoisotopic (exact) mass is 631 g/mol. The van der Waals surface area contributed by atoms with Gasteiger partial charge in [-0.2, -0.15) is 0 Å². The molecule has 2 fully saturated rings. The number of carbonyl (C=O) groups excluding carboxylic acids is 3. The number of sulfone groups is 1. The lowest BCUT2D eigenvalue weighted by atomic mass is 9.74. The molecule has 2 aliphatic carbocycles. The summed E-state index contributed by atoms with van der Waals surface area (Å²) in [4.78, 5) is 36.2. The van der Waals surface area contributed by atoms with Gasteiger partial charge in [-0.1, -0.05) is 11.6 Å². The van der Waals surface area contributed by atoms with Crippen LogP contribution >= 0.6 is 11.6 Å². The van der Waals surface area contributed by atoms with Gasteiger partial charge in [0, 0.05) is 29.9 Å². The Labute approximate surface area is 244 Å². The number of benzene rings is 2. The van der Waals surface area contributed by atoms with Crippen LogP contribution in [0.25, 0.3) is 0 Å². The van der Waals surface area contributed by atoms with Crippen molar-refractivity contribution in [2.24, 2.45) is 11.8 Å². The highest BCUT2D eigenvalue weighted by molar-refractivity contribution is 7.92. The molecule has 2 aromatic carbocycles. The summed E-state index contributed by atoms with van der Waals surface area (Å²) in [5.41, 5.74) is -1.91. The van der Waals surface area contributed by atoms with Gasteiger partial charge in [-0.3, -0.25) is 9.59 Å². The van der Waals surface area contributed by atoms with Gasteiger partial charge >= 0.3 is 6.09 Å². The third-order valence-corrected chi connectivity index (χ3v) is 10.7. The fraction of sp³-hybridized carbons (Fsp3) is 0.444. The molecule has 228 valence electrons. The average molecular weight is 632 g/mol. The second-order valence-electron chi connectivity index (χ2n) is 10.5. The van der Waals surface area contributed by atoms with E-state index in [1.54, 1.807) is 0 Å². The van der Waals surface area contributed by atoms with E-state index in [0.29, 0.717) is 25.0 Å². The quantitative estimate of drug-likeness (QED) is 0.325. The van der Waals surface area contributed by atoms with Crippen LogP contribution in [-0.4, -0.2) is 62.0 Å². The van der Waals surface area contributed by atoms with Crippen LogP contribution < -0.4 is 16.0 Å². The topological polar surface area (TPSA) is 151 Å². The summed E-state index contributed by atoms with van der Waals surface area (Å²) in [7, 11) is -2.96. The molecule has 0 aromatic heterocycles. The smallest absolute Gasteiger partial charge is 0.407 e. The van der Waals surface area contributed by atoms with Crippen molar-refractivity contribution in [2.75, 3.05) is 19.0 Å². The van der Waals surface area contributed by atoms with Gasteiger partial charge in [-0.15, -0.1) is 0 Å². The first-order valence-corrected chi connectivity index (χ1v) is 14.9. The number of anilines is 1. The molecule has 5 atom stereocenters. The highest BCUT2D eigenvalue weighted by Crippen LogP contribution is 2.52. The molecular formula is C27H29ClF3N3O7S. The Bertz CT molecular complexity index is 1490. The third-order valence-electron chi connectivity index (χ3n) is 8.01. The number of carbonyl (C=O) groups is 3. The second-order valence-corrected chi connectivity index (χ2v) is 13.1. The Balaban J connectivity index is 1.48. The maximum Gasteiger partial charge on any atom is 0.407 e. The van der Waals surface area contributed by atoms with Gasteiger partial charge in [0.05, 0.1) is 27.9 Å². The van der Waals surface area contributed by atoms with Crippen molar-refractivity contribution in [3.63, 3.8) is 0 Å². The molecule has 10 nitrogen and oxygen atoms in total. The van der Waals surface area contributed by atoms with E-state index >= 15 is 0 Å². The van der Waals surface area contributed by atoms with Crippen molar-refractivity contribution < 1.29 is 45.8 Å². The van der Waals surface area contributed by atoms with Crippen molar-refractivity contribution in [1.29, 1.82) is 0 Å². The van der Waals surface area contributed by atoms with E-state index < -0.39 is 73.9 Å². The molecule has 0 spiro atoms. The maximum absolute atomic E-state index is 13.7. The number of alkyl carbamates (subject to hydrolysis) is 1. The number of hydrogen-bond donors (Lipinski definition) is 4.